The van der Waals surface area contributed by atoms with Crippen molar-refractivity contribution in [3.05, 3.63) is 135 Å². The molecule has 1 N–H and O–H groups in total. The Morgan fingerprint density at radius 1 is 0.886 bits per heavy atom. The Kier molecular flexibility index (Phi) is 10.9. The SMILES string of the molecule is CCNC(=O)[C@@H](Cc1ccccc1)N(Cc1ccc(Br)cc1)C(=O)CN(c1cccc([N+](=O)[O-])c1)S(=O)(=O)c1ccccc1. The van der Waals surface area contributed by atoms with Gasteiger partial charge in [-0.1, -0.05) is 82.7 Å². The second kappa shape index (κ2) is 14.8. The van der Waals surface area contributed by atoms with Crippen molar-refractivity contribution < 1.29 is 22.9 Å². The molecule has 0 aromatic heterocycles. The van der Waals surface area contributed by atoms with Gasteiger partial charge >= 0.3 is 0 Å². The minimum Gasteiger partial charge on any atom is -0.355 e. The quantitative estimate of drug-likeness (QED) is 0.150. The molecule has 10 nitrogen and oxygen atoms in total. The highest BCUT2D eigenvalue weighted by Gasteiger charge is 2.34. The van der Waals surface area contributed by atoms with E-state index in [0.717, 1.165) is 26.0 Å². The number of sulfonamides is 1. The lowest BCUT2D eigenvalue weighted by atomic mass is 10.0. The van der Waals surface area contributed by atoms with Crippen molar-refractivity contribution in [3.8, 4) is 0 Å². The fraction of sp³-hybridized carbons (Fsp3) is 0.188. The molecule has 4 aromatic carbocycles. The summed E-state index contributed by atoms with van der Waals surface area (Å²) in [4.78, 5) is 40.0. The van der Waals surface area contributed by atoms with Crippen LogP contribution in [-0.2, 0) is 32.6 Å². The topological polar surface area (TPSA) is 130 Å². The van der Waals surface area contributed by atoms with Crippen LogP contribution in [0.4, 0.5) is 11.4 Å². The molecule has 4 rings (SSSR count). The molecule has 12 heteroatoms. The van der Waals surface area contributed by atoms with Crippen LogP contribution in [-0.4, -0.2) is 49.2 Å². The van der Waals surface area contributed by atoms with Crippen molar-refractivity contribution in [2.24, 2.45) is 0 Å². The summed E-state index contributed by atoms with van der Waals surface area (Å²) < 4.78 is 29.6. The zero-order valence-corrected chi connectivity index (χ0v) is 26.3. The number of amides is 2. The van der Waals surface area contributed by atoms with Crippen LogP contribution in [0.3, 0.4) is 0 Å². The molecule has 228 valence electrons. The van der Waals surface area contributed by atoms with Crippen LogP contribution in [0.1, 0.15) is 18.1 Å². The Morgan fingerprint density at radius 2 is 1.52 bits per heavy atom. The normalized spacial score (nSPS) is 11.8. The van der Waals surface area contributed by atoms with E-state index in [1.807, 2.05) is 42.5 Å². The van der Waals surface area contributed by atoms with Crippen molar-refractivity contribution in [1.82, 2.24) is 10.2 Å². The van der Waals surface area contributed by atoms with Gasteiger partial charge in [-0.05, 0) is 48.4 Å². The third-order valence-electron chi connectivity index (χ3n) is 6.83. The number of nitrogens with one attached hydrogen (secondary N) is 1. The number of non-ortho nitro benzene ring substituents is 1. The van der Waals surface area contributed by atoms with Crippen molar-refractivity contribution in [1.29, 1.82) is 0 Å². The molecule has 0 heterocycles. The Morgan fingerprint density at radius 3 is 2.14 bits per heavy atom. The van der Waals surface area contributed by atoms with Crippen LogP contribution in [0.15, 0.2) is 119 Å². The summed E-state index contributed by atoms with van der Waals surface area (Å²) in [6, 6.07) is 28.1. The first kappa shape index (κ1) is 32.4. The van der Waals surface area contributed by atoms with Crippen molar-refractivity contribution in [2.45, 2.75) is 30.8 Å². The summed E-state index contributed by atoms with van der Waals surface area (Å²) in [7, 11) is -4.36. The fourth-order valence-electron chi connectivity index (χ4n) is 4.64. The Balaban J connectivity index is 1.81. The van der Waals surface area contributed by atoms with Gasteiger partial charge in [0.25, 0.3) is 15.7 Å². The lowest BCUT2D eigenvalue weighted by Crippen LogP contribution is -2.53. The number of anilines is 1. The number of likely N-dealkylation sites (N-methyl/N-ethyl adjacent to an activating group) is 1. The molecule has 4 aromatic rings. The van der Waals surface area contributed by atoms with E-state index in [1.165, 1.54) is 35.2 Å². The number of hydrogen-bond acceptors (Lipinski definition) is 6. The van der Waals surface area contributed by atoms with E-state index in [2.05, 4.69) is 21.2 Å². The Labute approximate surface area is 264 Å². The summed E-state index contributed by atoms with van der Waals surface area (Å²) in [5, 5.41) is 14.4. The van der Waals surface area contributed by atoms with Crippen molar-refractivity contribution >= 4 is 49.1 Å². The molecule has 0 radical (unpaired) electrons. The number of carbonyl (C=O) groups excluding carboxylic acids is 2. The number of benzene rings is 4. The van der Waals surface area contributed by atoms with Gasteiger partial charge in [0, 0.05) is 36.1 Å². The summed E-state index contributed by atoms with van der Waals surface area (Å²) in [6.45, 7) is 1.40. The molecule has 0 bridgehead atoms. The molecule has 44 heavy (non-hydrogen) atoms. The van der Waals surface area contributed by atoms with Crippen LogP contribution >= 0.6 is 15.9 Å². The van der Waals surface area contributed by atoms with Crippen LogP contribution < -0.4 is 9.62 Å². The summed E-state index contributed by atoms with van der Waals surface area (Å²) >= 11 is 3.41. The fourth-order valence-corrected chi connectivity index (χ4v) is 6.33. The van der Waals surface area contributed by atoms with Gasteiger partial charge < -0.3 is 10.2 Å². The minimum atomic E-state index is -4.36. The zero-order chi connectivity index (χ0) is 31.7. The molecule has 0 saturated carbocycles. The molecule has 0 aliphatic heterocycles. The number of carbonyl (C=O) groups is 2. The highest BCUT2D eigenvalue weighted by molar-refractivity contribution is 9.10. The average Bonchev–Trinajstić information content (AvgIpc) is 3.03. The third-order valence-corrected chi connectivity index (χ3v) is 9.14. The van der Waals surface area contributed by atoms with E-state index in [0.29, 0.717) is 6.54 Å². The molecule has 0 aliphatic rings. The molecule has 0 unspecified atom stereocenters. The highest BCUT2D eigenvalue weighted by Crippen LogP contribution is 2.28. The van der Waals surface area contributed by atoms with E-state index in [4.69, 9.17) is 0 Å². The third kappa shape index (κ3) is 8.08. The predicted molar refractivity (Wildman–Crippen MR) is 171 cm³/mol. The standard InChI is InChI=1S/C32H31BrN4O6S/c1-2-34-32(39)30(20-24-10-5-3-6-11-24)35(22-25-16-18-26(33)19-17-25)31(38)23-36(27-12-9-13-28(21-27)37(40)41)44(42,43)29-14-7-4-8-15-29/h3-19,21,30H,2,20,22-23H2,1H3,(H,34,39)/t30-/m1/s1. The van der Waals surface area contributed by atoms with E-state index in [9.17, 15) is 28.1 Å². The van der Waals surface area contributed by atoms with Crippen LogP contribution in [0.2, 0.25) is 0 Å². The lowest BCUT2D eigenvalue weighted by Gasteiger charge is -2.33. The molecule has 0 spiro atoms. The van der Waals surface area contributed by atoms with Crippen molar-refractivity contribution in [3.63, 3.8) is 0 Å². The van der Waals surface area contributed by atoms with Gasteiger partial charge in [0.1, 0.15) is 12.6 Å². The second-order valence-electron chi connectivity index (χ2n) is 9.85. The largest absolute Gasteiger partial charge is 0.355 e. The van der Waals surface area contributed by atoms with Gasteiger partial charge in [-0.15, -0.1) is 0 Å². The number of halogens is 1. The molecule has 2 amide bonds. The number of nitrogens with zero attached hydrogens (tertiary/aromatic N) is 3. The Hall–Kier alpha value is -4.55. The van der Waals surface area contributed by atoms with Gasteiger partial charge in [0.2, 0.25) is 11.8 Å². The average molecular weight is 680 g/mol. The first-order chi connectivity index (χ1) is 21.1. The van der Waals surface area contributed by atoms with Gasteiger partial charge in [0.05, 0.1) is 15.5 Å². The van der Waals surface area contributed by atoms with Crippen LogP contribution in [0.5, 0.6) is 0 Å². The van der Waals surface area contributed by atoms with E-state index >= 15 is 0 Å². The monoisotopic (exact) mass is 678 g/mol. The number of nitro benzene ring substituents is 1. The predicted octanol–water partition coefficient (Wildman–Crippen LogP) is 5.33. The molecule has 0 fully saturated rings. The number of rotatable bonds is 13. The van der Waals surface area contributed by atoms with Gasteiger partial charge in [-0.2, -0.15) is 0 Å². The first-order valence-corrected chi connectivity index (χ1v) is 16.0. The summed E-state index contributed by atoms with van der Waals surface area (Å²) in [5.41, 5.74) is 1.14. The number of nitro groups is 1. The minimum absolute atomic E-state index is 0.00884. The maximum atomic E-state index is 14.3. The molecule has 1 atom stereocenters. The van der Waals surface area contributed by atoms with E-state index in [-0.39, 0.29) is 29.2 Å². The maximum absolute atomic E-state index is 14.3. The van der Waals surface area contributed by atoms with E-state index < -0.39 is 39.3 Å². The zero-order valence-electron chi connectivity index (χ0n) is 23.9. The van der Waals surface area contributed by atoms with Crippen LogP contribution in [0, 0.1) is 10.1 Å². The summed E-state index contributed by atoms with van der Waals surface area (Å²) in [5.74, 6) is -1.05. The van der Waals surface area contributed by atoms with E-state index in [1.54, 1.807) is 37.3 Å². The molecular weight excluding hydrogens is 648 g/mol. The van der Waals surface area contributed by atoms with Crippen LogP contribution in [0.25, 0.3) is 0 Å². The van der Waals surface area contributed by atoms with Crippen molar-refractivity contribution in [2.75, 3.05) is 17.4 Å². The van der Waals surface area contributed by atoms with Gasteiger partial charge in [-0.25, -0.2) is 8.42 Å². The highest BCUT2D eigenvalue weighted by atomic mass is 79.9. The Bertz CT molecular complexity index is 1700. The molecular formula is C32H31BrN4O6S. The van der Waals surface area contributed by atoms with Gasteiger partial charge in [-0.3, -0.25) is 24.0 Å². The summed E-state index contributed by atoms with van der Waals surface area (Å²) in [6.07, 6.45) is 0.178. The number of hydrogen-bond donors (Lipinski definition) is 1. The molecule has 0 saturated heterocycles. The lowest BCUT2D eigenvalue weighted by molar-refractivity contribution is -0.384. The second-order valence-corrected chi connectivity index (χ2v) is 12.6. The first-order valence-electron chi connectivity index (χ1n) is 13.8. The maximum Gasteiger partial charge on any atom is 0.271 e. The smallest absolute Gasteiger partial charge is 0.271 e. The molecule has 0 aliphatic carbocycles. The van der Waals surface area contributed by atoms with Gasteiger partial charge in [0.15, 0.2) is 0 Å².